The maximum absolute atomic E-state index is 12.7. The fourth-order valence-corrected chi connectivity index (χ4v) is 1.46. The molecule has 0 bridgehead atoms. The molecule has 0 spiro atoms. The molecule has 18 heavy (non-hydrogen) atoms. The van der Waals surface area contributed by atoms with E-state index >= 15 is 0 Å². The van der Waals surface area contributed by atoms with Gasteiger partial charge in [0.25, 0.3) is 0 Å². The minimum atomic E-state index is -0.334. The number of benzene rings is 1. The average molecular weight is 248 g/mol. The van der Waals surface area contributed by atoms with Gasteiger partial charge in [0.1, 0.15) is 5.82 Å². The minimum Gasteiger partial charge on any atom is -0.323 e. The maximum Gasteiger partial charge on any atom is 0.321 e. The van der Waals surface area contributed by atoms with E-state index in [2.05, 4.69) is 15.5 Å². The third kappa shape index (κ3) is 3.07. The molecular weight excluding hydrogens is 235 g/mol. The number of nitrogens with zero attached hydrogens (tertiary/aromatic N) is 2. The Kier molecular flexibility index (Phi) is 3.57. The number of aromatic nitrogens is 2. The zero-order valence-electron chi connectivity index (χ0n) is 9.85. The number of amides is 2. The standard InChI is InChI=1S/C12H13FN4O/c1-17(8-9-6-14-15-7-9)12(18)16-11-4-2-10(13)3-5-11/h2-7H,8H2,1H3,(H,14,15)(H,16,18). The van der Waals surface area contributed by atoms with Gasteiger partial charge >= 0.3 is 6.03 Å². The zero-order chi connectivity index (χ0) is 13.0. The molecule has 1 aromatic heterocycles. The Labute approximate surface area is 104 Å². The van der Waals surface area contributed by atoms with Gasteiger partial charge < -0.3 is 10.2 Å². The highest BCUT2D eigenvalue weighted by molar-refractivity contribution is 5.89. The van der Waals surface area contributed by atoms with Gasteiger partial charge in [0.05, 0.1) is 12.7 Å². The first-order chi connectivity index (χ1) is 8.65. The smallest absolute Gasteiger partial charge is 0.321 e. The molecule has 0 aliphatic rings. The van der Waals surface area contributed by atoms with E-state index in [1.165, 1.54) is 29.2 Å². The summed E-state index contributed by atoms with van der Waals surface area (Å²) in [6.45, 7) is 0.448. The highest BCUT2D eigenvalue weighted by atomic mass is 19.1. The van der Waals surface area contributed by atoms with Crippen molar-refractivity contribution in [2.75, 3.05) is 12.4 Å². The number of hydrogen-bond donors (Lipinski definition) is 2. The first-order valence-corrected chi connectivity index (χ1v) is 5.40. The Morgan fingerprint density at radius 2 is 2.17 bits per heavy atom. The molecule has 0 unspecified atom stereocenters. The van der Waals surface area contributed by atoms with E-state index in [9.17, 15) is 9.18 Å². The molecule has 0 radical (unpaired) electrons. The number of hydrogen-bond acceptors (Lipinski definition) is 2. The molecule has 6 heteroatoms. The Bertz CT molecular complexity index is 509. The third-order valence-electron chi connectivity index (χ3n) is 2.42. The van der Waals surface area contributed by atoms with E-state index in [0.717, 1.165) is 5.56 Å². The molecular formula is C12H13FN4O. The van der Waals surface area contributed by atoms with E-state index in [1.807, 2.05) is 0 Å². The van der Waals surface area contributed by atoms with Crippen LogP contribution in [0.1, 0.15) is 5.56 Å². The fourth-order valence-electron chi connectivity index (χ4n) is 1.46. The van der Waals surface area contributed by atoms with E-state index in [4.69, 9.17) is 0 Å². The van der Waals surface area contributed by atoms with Crippen molar-refractivity contribution in [3.63, 3.8) is 0 Å². The van der Waals surface area contributed by atoms with Crippen LogP contribution in [0.25, 0.3) is 0 Å². The Morgan fingerprint density at radius 1 is 1.44 bits per heavy atom. The summed E-state index contributed by atoms with van der Waals surface area (Å²) >= 11 is 0. The molecule has 2 N–H and O–H groups in total. The van der Waals surface area contributed by atoms with E-state index in [0.29, 0.717) is 12.2 Å². The summed E-state index contributed by atoms with van der Waals surface area (Å²) in [7, 11) is 1.67. The molecule has 1 heterocycles. The van der Waals surface area contributed by atoms with Crippen molar-refractivity contribution >= 4 is 11.7 Å². The van der Waals surface area contributed by atoms with Gasteiger partial charge in [-0.3, -0.25) is 5.10 Å². The van der Waals surface area contributed by atoms with E-state index in [1.54, 1.807) is 19.4 Å². The zero-order valence-corrected chi connectivity index (χ0v) is 9.85. The molecule has 2 aromatic rings. The number of urea groups is 1. The highest BCUT2D eigenvalue weighted by Crippen LogP contribution is 2.09. The van der Waals surface area contributed by atoms with Crippen molar-refractivity contribution in [2.24, 2.45) is 0 Å². The Morgan fingerprint density at radius 3 is 2.78 bits per heavy atom. The number of rotatable bonds is 3. The first kappa shape index (κ1) is 12.1. The summed E-state index contributed by atoms with van der Waals surface area (Å²) in [6, 6.07) is 5.36. The second-order valence-electron chi connectivity index (χ2n) is 3.90. The van der Waals surface area contributed by atoms with Crippen LogP contribution in [-0.2, 0) is 6.54 Å². The van der Waals surface area contributed by atoms with Crippen LogP contribution in [0.15, 0.2) is 36.7 Å². The van der Waals surface area contributed by atoms with Crippen LogP contribution < -0.4 is 5.32 Å². The number of carbonyl (C=O) groups excluding carboxylic acids is 1. The predicted octanol–water partition coefficient (Wildman–Crippen LogP) is 2.21. The lowest BCUT2D eigenvalue weighted by molar-refractivity contribution is 0.220. The monoisotopic (exact) mass is 248 g/mol. The second-order valence-corrected chi connectivity index (χ2v) is 3.90. The van der Waals surface area contributed by atoms with Gasteiger partial charge in [-0.1, -0.05) is 0 Å². The lowest BCUT2D eigenvalue weighted by Crippen LogP contribution is -2.30. The molecule has 0 atom stereocenters. The summed E-state index contributed by atoms with van der Waals surface area (Å²) in [4.78, 5) is 13.3. The average Bonchev–Trinajstić information content (AvgIpc) is 2.85. The number of H-pyrrole nitrogens is 1. The minimum absolute atomic E-state index is 0.261. The topological polar surface area (TPSA) is 61.0 Å². The van der Waals surface area contributed by atoms with Crippen molar-refractivity contribution < 1.29 is 9.18 Å². The lowest BCUT2D eigenvalue weighted by atomic mass is 10.3. The van der Waals surface area contributed by atoms with Gasteiger partial charge in [0.15, 0.2) is 0 Å². The predicted molar refractivity (Wildman–Crippen MR) is 65.5 cm³/mol. The van der Waals surface area contributed by atoms with Crippen molar-refractivity contribution in [1.29, 1.82) is 0 Å². The summed E-state index contributed by atoms with van der Waals surface area (Å²) < 4.78 is 12.7. The van der Waals surface area contributed by atoms with E-state index in [-0.39, 0.29) is 11.8 Å². The van der Waals surface area contributed by atoms with Gasteiger partial charge in [-0.15, -0.1) is 0 Å². The van der Waals surface area contributed by atoms with Gasteiger partial charge in [-0.25, -0.2) is 9.18 Å². The molecule has 1 aromatic carbocycles. The normalized spacial score (nSPS) is 10.1. The lowest BCUT2D eigenvalue weighted by Gasteiger charge is -2.17. The van der Waals surface area contributed by atoms with Gasteiger partial charge in [-0.05, 0) is 24.3 Å². The molecule has 0 aliphatic carbocycles. The van der Waals surface area contributed by atoms with Crippen LogP contribution >= 0.6 is 0 Å². The molecule has 2 rings (SSSR count). The molecule has 0 fully saturated rings. The largest absolute Gasteiger partial charge is 0.323 e. The molecule has 0 saturated carbocycles. The molecule has 94 valence electrons. The summed E-state index contributed by atoms with van der Waals surface area (Å²) in [6.07, 6.45) is 3.38. The fraction of sp³-hybridized carbons (Fsp3) is 0.167. The van der Waals surface area contributed by atoms with Crippen LogP contribution in [0.2, 0.25) is 0 Å². The third-order valence-corrected chi connectivity index (χ3v) is 2.42. The summed E-state index contributed by atoms with van der Waals surface area (Å²) in [5, 5.41) is 9.15. The Balaban J connectivity index is 1.93. The van der Waals surface area contributed by atoms with Crippen LogP contribution in [0.5, 0.6) is 0 Å². The molecule has 0 aliphatic heterocycles. The number of anilines is 1. The summed E-state index contributed by atoms with van der Waals surface area (Å²) in [5.41, 5.74) is 1.46. The molecule has 2 amide bonds. The number of halogens is 1. The van der Waals surface area contributed by atoms with Gasteiger partial charge in [-0.2, -0.15) is 5.10 Å². The van der Waals surface area contributed by atoms with Crippen LogP contribution in [0.3, 0.4) is 0 Å². The van der Waals surface area contributed by atoms with Crippen LogP contribution in [0, 0.1) is 5.82 Å². The van der Waals surface area contributed by atoms with Crippen molar-refractivity contribution in [2.45, 2.75) is 6.54 Å². The quantitative estimate of drug-likeness (QED) is 0.874. The SMILES string of the molecule is CN(Cc1cn[nH]c1)C(=O)Nc1ccc(F)cc1. The first-order valence-electron chi connectivity index (χ1n) is 5.40. The van der Waals surface area contributed by atoms with Crippen molar-refractivity contribution in [3.8, 4) is 0 Å². The van der Waals surface area contributed by atoms with Gasteiger partial charge in [0, 0.05) is 24.5 Å². The van der Waals surface area contributed by atoms with Crippen molar-refractivity contribution in [3.05, 3.63) is 48.0 Å². The maximum atomic E-state index is 12.7. The van der Waals surface area contributed by atoms with Crippen molar-refractivity contribution in [1.82, 2.24) is 15.1 Å². The second kappa shape index (κ2) is 5.31. The highest BCUT2D eigenvalue weighted by Gasteiger charge is 2.09. The number of carbonyl (C=O) groups is 1. The van der Waals surface area contributed by atoms with E-state index < -0.39 is 0 Å². The summed E-state index contributed by atoms with van der Waals surface area (Å²) in [5.74, 6) is -0.334. The van der Waals surface area contributed by atoms with Gasteiger partial charge in [0.2, 0.25) is 0 Å². The molecule has 0 saturated heterocycles. The van der Waals surface area contributed by atoms with Crippen LogP contribution in [-0.4, -0.2) is 28.2 Å². The number of aromatic amines is 1. The molecule has 5 nitrogen and oxygen atoms in total. The Hall–Kier alpha value is -2.37. The number of nitrogens with one attached hydrogen (secondary N) is 2. The van der Waals surface area contributed by atoms with Crippen LogP contribution in [0.4, 0.5) is 14.9 Å².